The summed E-state index contributed by atoms with van der Waals surface area (Å²) < 4.78 is 10.6. The first-order chi connectivity index (χ1) is 16.6. The summed E-state index contributed by atoms with van der Waals surface area (Å²) in [5.74, 6) is 0.675. The maximum Gasteiger partial charge on any atom is 0.254 e. The van der Waals surface area contributed by atoms with Crippen molar-refractivity contribution < 1.29 is 19.1 Å². The molecule has 0 saturated carbocycles. The number of nitrogens with zero attached hydrogens (tertiary/aromatic N) is 1. The van der Waals surface area contributed by atoms with Crippen molar-refractivity contribution in [3.05, 3.63) is 45.8 Å². The molecule has 1 aliphatic heterocycles. The SMILES string of the molecule is CCOc1ccc(C2CCCN2CC(=O)Nc2sc3c(c2C(=O)NCCOC)CCCC3)cc1. The minimum Gasteiger partial charge on any atom is -0.494 e. The van der Waals surface area contributed by atoms with Crippen LogP contribution in [0.15, 0.2) is 24.3 Å². The van der Waals surface area contributed by atoms with E-state index < -0.39 is 0 Å². The number of hydrogen-bond acceptors (Lipinski definition) is 6. The molecule has 1 atom stereocenters. The van der Waals surface area contributed by atoms with Crippen LogP contribution >= 0.6 is 11.3 Å². The Kier molecular flexibility index (Phi) is 8.59. The number of carbonyl (C=O) groups is 2. The third-order valence-corrected chi connectivity index (χ3v) is 7.74. The molecule has 1 aliphatic carbocycles. The molecule has 2 heterocycles. The Morgan fingerprint density at radius 1 is 1.15 bits per heavy atom. The maximum absolute atomic E-state index is 13.1. The summed E-state index contributed by atoms with van der Waals surface area (Å²) in [4.78, 5) is 29.6. The Morgan fingerprint density at radius 3 is 2.71 bits per heavy atom. The lowest BCUT2D eigenvalue weighted by molar-refractivity contribution is -0.117. The number of amides is 2. The highest BCUT2D eigenvalue weighted by atomic mass is 32.1. The van der Waals surface area contributed by atoms with Gasteiger partial charge in [0.25, 0.3) is 5.91 Å². The summed E-state index contributed by atoms with van der Waals surface area (Å²) in [5, 5.41) is 6.71. The van der Waals surface area contributed by atoms with Gasteiger partial charge in [0.15, 0.2) is 0 Å². The van der Waals surface area contributed by atoms with Crippen LogP contribution in [0.25, 0.3) is 0 Å². The van der Waals surface area contributed by atoms with E-state index >= 15 is 0 Å². The molecule has 184 valence electrons. The molecule has 2 aromatic rings. The molecule has 1 saturated heterocycles. The van der Waals surface area contributed by atoms with Crippen LogP contribution in [-0.4, -0.2) is 56.7 Å². The van der Waals surface area contributed by atoms with E-state index in [1.807, 2.05) is 19.1 Å². The highest BCUT2D eigenvalue weighted by Gasteiger charge is 2.30. The van der Waals surface area contributed by atoms with Gasteiger partial charge in [0.05, 0.1) is 25.3 Å². The van der Waals surface area contributed by atoms with Gasteiger partial charge in [-0.3, -0.25) is 14.5 Å². The Morgan fingerprint density at radius 2 is 1.94 bits per heavy atom. The van der Waals surface area contributed by atoms with E-state index in [-0.39, 0.29) is 17.9 Å². The van der Waals surface area contributed by atoms with Gasteiger partial charge in [0.1, 0.15) is 10.8 Å². The number of aryl methyl sites for hydroxylation is 1. The third-order valence-electron chi connectivity index (χ3n) is 6.53. The fourth-order valence-corrected chi connectivity index (χ4v) is 6.25. The first kappa shape index (κ1) is 24.7. The number of nitrogens with one attached hydrogen (secondary N) is 2. The van der Waals surface area contributed by atoms with E-state index in [0.717, 1.165) is 56.4 Å². The lowest BCUT2D eigenvalue weighted by Crippen LogP contribution is -2.33. The number of ether oxygens (including phenoxy) is 2. The molecule has 2 aliphatic rings. The number of anilines is 1. The van der Waals surface area contributed by atoms with Crippen LogP contribution in [0.5, 0.6) is 5.75 Å². The van der Waals surface area contributed by atoms with Crippen molar-refractivity contribution in [1.82, 2.24) is 10.2 Å². The molecule has 1 aromatic carbocycles. The molecular weight excluding hydrogens is 450 g/mol. The van der Waals surface area contributed by atoms with Crippen molar-refractivity contribution in [2.24, 2.45) is 0 Å². The zero-order valence-electron chi connectivity index (χ0n) is 20.2. The van der Waals surface area contributed by atoms with E-state index in [1.165, 1.54) is 10.4 Å². The summed E-state index contributed by atoms with van der Waals surface area (Å²) in [7, 11) is 1.61. The zero-order valence-corrected chi connectivity index (χ0v) is 21.0. The smallest absolute Gasteiger partial charge is 0.254 e. The van der Waals surface area contributed by atoms with Crippen LogP contribution in [0, 0.1) is 0 Å². The number of thiophene rings is 1. The van der Waals surface area contributed by atoms with Crippen molar-refractivity contribution in [2.75, 3.05) is 45.3 Å². The molecule has 2 N–H and O–H groups in total. The molecule has 4 rings (SSSR count). The summed E-state index contributed by atoms with van der Waals surface area (Å²) in [5.41, 5.74) is 2.96. The van der Waals surface area contributed by atoms with Crippen LogP contribution in [0.2, 0.25) is 0 Å². The topological polar surface area (TPSA) is 79.9 Å². The minimum atomic E-state index is -0.125. The second-order valence-corrected chi connectivity index (χ2v) is 9.95. The number of benzene rings is 1. The normalized spacial score (nSPS) is 17.9. The summed E-state index contributed by atoms with van der Waals surface area (Å²) in [6, 6.07) is 8.42. The molecule has 1 unspecified atom stereocenters. The number of rotatable bonds is 10. The van der Waals surface area contributed by atoms with Crippen LogP contribution in [0.4, 0.5) is 5.00 Å². The number of hydrogen-bond donors (Lipinski definition) is 2. The fourth-order valence-electron chi connectivity index (χ4n) is 4.95. The molecule has 1 fully saturated rings. The number of likely N-dealkylation sites (tertiary alicyclic amines) is 1. The van der Waals surface area contributed by atoms with Gasteiger partial charge < -0.3 is 20.1 Å². The fraction of sp³-hybridized carbons (Fsp3) is 0.538. The predicted octanol–water partition coefficient (Wildman–Crippen LogP) is 4.18. The van der Waals surface area contributed by atoms with Gasteiger partial charge >= 0.3 is 0 Å². The number of carbonyl (C=O) groups excluding carboxylic acids is 2. The zero-order chi connectivity index (χ0) is 23.9. The van der Waals surface area contributed by atoms with Gasteiger partial charge in [-0.05, 0) is 75.3 Å². The van der Waals surface area contributed by atoms with E-state index in [1.54, 1.807) is 18.4 Å². The van der Waals surface area contributed by atoms with Crippen molar-refractivity contribution in [1.29, 1.82) is 0 Å². The van der Waals surface area contributed by atoms with Crippen molar-refractivity contribution in [2.45, 2.75) is 51.5 Å². The van der Waals surface area contributed by atoms with Crippen LogP contribution in [0.1, 0.15) is 65.0 Å². The molecule has 0 radical (unpaired) electrons. The van der Waals surface area contributed by atoms with Crippen molar-refractivity contribution in [3.63, 3.8) is 0 Å². The third kappa shape index (κ3) is 5.79. The molecular formula is C26H35N3O4S. The quantitative estimate of drug-likeness (QED) is 0.494. The lowest BCUT2D eigenvalue weighted by atomic mass is 9.95. The maximum atomic E-state index is 13.1. The standard InChI is InChI=1S/C26H35N3O4S/c1-3-33-19-12-10-18(11-13-19)21-8-6-15-29(21)17-23(30)28-26-24(25(31)27-14-16-32-2)20-7-4-5-9-22(20)34-26/h10-13,21H,3-9,14-17H2,1-2H3,(H,27,31)(H,28,30). The van der Waals surface area contributed by atoms with Crippen LogP contribution in [0.3, 0.4) is 0 Å². The molecule has 7 nitrogen and oxygen atoms in total. The number of fused-ring (bicyclic) bond motifs is 1. The Balaban J connectivity index is 1.45. The van der Waals surface area contributed by atoms with Crippen molar-refractivity contribution in [3.8, 4) is 5.75 Å². The van der Waals surface area contributed by atoms with Gasteiger partial charge in [0, 0.05) is 24.6 Å². The van der Waals surface area contributed by atoms with E-state index in [4.69, 9.17) is 9.47 Å². The minimum absolute atomic E-state index is 0.0672. The number of methoxy groups -OCH3 is 1. The highest BCUT2D eigenvalue weighted by Crippen LogP contribution is 2.38. The van der Waals surface area contributed by atoms with Crippen LogP contribution < -0.4 is 15.4 Å². The molecule has 2 amide bonds. The van der Waals surface area contributed by atoms with Gasteiger partial charge in [0.2, 0.25) is 5.91 Å². The highest BCUT2D eigenvalue weighted by molar-refractivity contribution is 7.17. The van der Waals surface area contributed by atoms with Gasteiger partial charge in [-0.25, -0.2) is 0 Å². The predicted molar refractivity (Wildman–Crippen MR) is 135 cm³/mol. The lowest BCUT2D eigenvalue weighted by Gasteiger charge is -2.24. The molecule has 1 aromatic heterocycles. The average molecular weight is 486 g/mol. The Labute approximate surface area is 205 Å². The van der Waals surface area contributed by atoms with E-state index in [2.05, 4.69) is 27.7 Å². The average Bonchev–Trinajstić information content (AvgIpc) is 3.44. The van der Waals surface area contributed by atoms with Crippen LogP contribution in [-0.2, 0) is 22.4 Å². The summed E-state index contributed by atoms with van der Waals surface area (Å²) in [6.45, 7) is 4.73. The monoisotopic (exact) mass is 485 g/mol. The first-order valence-corrected chi connectivity index (χ1v) is 13.1. The largest absolute Gasteiger partial charge is 0.494 e. The van der Waals surface area contributed by atoms with Gasteiger partial charge in [-0.2, -0.15) is 0 Å². The van der Waals surface area contributed by atoms with Crippen molar-refractivity contribution >= 4 is 28.2 Å². The molecule has 34 heavy (non-hydrogen) atoms. The summed E-state index contributed by atoms with van der Waals surface area (Å²) in [6.07, 6.45) is 6.16. The van der Waals surface area contributed by atoms with Gasteiger partial charge in [-0.1, -0.05) is 12.1 Å². The molecule has 0 bridgehead atoms. The molecule has 0 spiro atoms. The molecule has 8 heteroatoms. The van der Waals surface area contributed by atoms with E-state index in [9.17, 15) is 9.59 Å². The second kappa shape index (κ2) is 11.8. The summed E-state index contributed by atoms with van der Waals surface area (Å²) >= 11 is 1.56. The Bertz CT molecular complexity index is 989. The van der Waals surface area contributed by atoms with Gasteiger partial charge in [-0.15, -0.1) is 11.3 Å². The Hall–Kier alpha value is -2.42. The second-order valence-electron chi connectivity index (χ2n) is 8.84. The van der Waals surface area contributed by atoms with E-state index in [0.29, 0.717) is 36.9 Å². The first-order valence-electron chi connectivity index (χ1n) is 12.3.